The standard InChI is InChI=1S/C13H22N2O2S/c1-3-11(2)10-18(16,17)15-9-13(14)12-7-5-4-6-8-12/h4-8,11,13,15H,3,9-10,14H2,1-2H3/t11-,13-/m0/s1. The van der Waals surface area contributed by atoms with E-state index >= 15 is 0 Å². The number of hydrogen-bond acceptors (Lipinski definition) is 3. The third-order valence-corrected chi connectivity index (χ3v) is 4.57. The first-order chi connectivity index (χ1) is 8.44. The van der Waals surface area contributed by atoms with Crippen molar-refractivity contribution in [3.63, 3.8) is 0 Å². The van der Waals surface area contributed by atoms with E-state index in [-0.39, 0.29) is 24.3 Å². The molecule has 0 aliphatic carbocycles. The van der Waals surface area contributed by atoms with Gasteiger partial charge in [0.25, 0.3) is 0 Å². The fourth-order valence-corrected chi connectivity index (χ4v) is 3.12. The fourth-order valence-electron chi connectivity index (χ4n) is 1.59. The molecule has 0 saturated carbocycles. The van der Waals surface area contributed by atoms with E-state index < -0.39 is 10.0 Å². The lowest BCUT2D eigenvalue weighted by molar-refractivity contribution is 0.546. The van der Waals surface area contributed by atoms with Crippen LogP contribution < -0.4 is 10.5 Å². The largest absolute Gasteiger partial charge is 0.323 e. The highest BCUT2D eigenvalue weighted by Gasteiger charge is 2.16. The van der Waals surface area contributed by atoms with Crippen molar-refractivity contribution in [3.05, 3.63) is 35.9 Å². The first-order valence-electron chi connectivity index (χ1n) is 6.22. The van der Waals surface area contributed by atoms with Crippen LogP contribution in [0.2, 0.25) is 0 Å². The Hall–Kier alpha value is -0.910. The first kappa shape index (κ1) is 15.1. The predicted molar refractivity (Wildman–Crippen MR) is 74.6 cm³/mol. The molecule has 0 unspecified atom stereocenters. The van der Waals surface area contributed by atoms with Crippen molar-refractivity contribution in [2.24, 2.45) is 11.7 Å². The van der Waals surface area contributed by atoms with Gasteiger partial charge in [-0.25, -0.2) is 13.1 Å². The smallest absolute Gasteiger partial charge is 0.211 e. The second-order valence-electron chi connectivity index (χ2n) is 4.66. The van der Waals surface area contributed by atoms with Gasteiger partial charge in [0.2, 0.25) is 10.0 Å². The molecule has 0 amide bonds. The molecule has 3 N–H and O–H groups in total. The van der Waals surface area contributed by atoms with E-state index in [9.17, 15) is 8.42 Å². The summed E-state index contributed by atoms with van der Waals surface area (Å²) in [5.41, 5.74) is 6.87. The molecule has 0 aliphatic rings. The Labute approximate surface area is 110 Å². The summed E-state index contributed by atoms with van der Waals surface area (Å²) in [5.74, 6) is 0.320. The Morgan fingerprint density at radius 2 is 1.89 bits per heavy atom. The van der Waals surface area contributed by atoms with Crippen molar-refractivity contribution in [1.82, 2.24) is 4.72 Å². The van der Waals surface area contributed by atoms with Gasteiger partial charge in [0, 0.05) is 12.6 Å². The predicted octanol–water partition coefficient (Wildman–Crippen LogP) is 1.65. The van der Waals surface area contributed by atoms with Crippen LogP contribution in [0.4, 0.5) is 0 Å². The van der Waals surface area contributed by atoms with Crippen molar-refractivity contribution >= 4 is 10.0 Å². The van der Waals surface area contributed by atoms with E-state index in [1.807, 2.05) is 44.2 Å². The third-order valence-electron chi connectivity index (χ3n) is 2.95. The molecule has 0 aromatic heterocycles. The van der Waals surface area contributed by atoms with Crippen LogP contribution in [0.15, 0.2) is 30.3 Å². The quantitative estimate of drug-likeness (QED) is 0.791. The number of nitrogens with two attached hydrogens (primary N) is 1. The molecule has 18 heavy (non-hydrogen) atoms. The van der Waals surface area contributed by atoms with Gasteiger partial charge in [-0.05, 0) is 11.5 Å². The van der Waals surface area contributed by atoms with Crippen LogP contribution in [0, 0.1) is 5.92 Å². The van der Waals surface area contributed by atoms with Crippen molar-refractivity contribution in [3.8, 4) is 0 Å². The minimum absolute atomic E-state index is 0.158. The lowest BCUT2D eigenvalue weighted by Crippen LogP contribution is -2.34. The summed E-state index contributed by atoms with van der Waals surface area (Å²) in [6.45, 7) is 4.15. The maximum Gasteiger partial charge on any atom is 0.211 e. The first-order valence-corrected chi connectivity index (χ1v) is 7.87. The average Bonchev–Trinajstić information content (AvgIpc) is 2.36. The highest BCUT2D eigenvalue weighted by atomic mass is 32.2. The molecule has 0 radical (unpaired) electrons. The second-order valence-corrected chi connectivity index (χ2v) is 6.51. The highest BCUT2D eigenvalue weighted by Crippen LogP contribution is 2.09. The van der Waals surface area contributed by atoms with Crippen LogP contribution in [0.25, 0.3) is 0 Å². The Kier molecular flexibility index (Phi) is 5.78. The molecule has 0 fully saturated rings. The number of benzene rings is 1. The molecule has 0 bridgehead atoms. The molecular formula is C13H22N2O2S. The number of hydrogen-bond donors (Lipinski definition) is 2. The fraction of sp³-hybridized carbons (Fsp3) is 0.538. The van der Waals surface area contributed by atoms with Gasteiger partial charge >= 0.3 is 0 Å². The van der Waals surface area contributed by atoms with Crippen LogP contribution in [0.1, 0.15) is 31.9 Å². The lowest BCUT2D eigenvalue weighted by atomic mass is 10.1. The van der Waals surface area contributed by atoms with E-state index in [0.717, 1.165) is 12.0 Å². The van der Waals surface area contributed by atoms with Gasteiger partial charge in [-0.15, -0.1) is 0 Å². The maximum absolute atomic E-state index is 11.8. The molecule has 102 valence electrons. The van der Waals surface area contributed by atoms with Gasteiger partial charge in [0.1, 0.15) is 0 Å². The molecule has 1 rings (SSSR count). The highest BCUT2D eigenvalue weighted by molar-refractivity contribution is 7.89. The average molecular weight is 270 g/mol. The van der Waals surface area contributed by atoms with E-state index in [0.29, 0.717) is 0 Å². The van der Waals surface area contributed by atoms with Gasteiger partial charge in [0.15, 0.2) is 0 Å². The van der Waals surface area contributed by atoms with Gasteiger partial charge in [-0.3, -0.25) is 0 Å². The Bertz CT molecular complexity index is 445. The lowest BCUT2D eigenvalue weighted by Gasteiger charge is -2.15. The van der Waals surface area contributed by atoms with Crippen LogP contribution in [-0.4, -0.2) is 20.7 Å². The molecule has 5 heteroatoms. The summed E-state index contributed by atoms with van der Waals surface area (Å²) in [6.07, 6.45) is 0.853. The summed E-state index contributed by atoms with van der Waals surface area (Å²) in [6, 6.07) is 9.17. The Morgan fingerprint density at radius 3 is 2.44 bits per heavy atom. The number of nitrogens with one attached hydrogen (secondary N) is 1. The Morgan fingerprint density at radius 1 is 1.28 bits per heavy atom. The topological polar surface area (TPSA) is 72.2 Å². The second kappa shape index (κ2) is 6.87. The van der Waals surface area contributed by atoms with E-state index in [1.54, 1.807) is 0 Å². The zero-order chi connectivity index (χ0) is 13.6. The van der Waals surface area contributed by atoms with Crippen LogP contribution >= 0.6 is 0 Å². The number of sulfonamides is 1. The summed E-state index contributed by atoms with van der Waals surface area (Å²) >= 11 is 0. The molecule has 0 spiro atoms. The van der Waals surface area contributed by atoms with Gasteiger partial charge in [-0.2, -0.15) is 0 Å². The summed E-state index contributed by atoms with van der Waals surface area (Å²) in [4.78, 5) is 0. The van der Waals surface area contributed by atoms with Crippen LogP contribution in [0.5, 0.6) is 0 Å². The monoisotopic (exact) mass is 270 g/mol. The van der Waals surface area contributed by atoms with Gasteiger partial charge < -0.3 is 5.73 Å². The van der Waals surface area contributed by atoms with Crippen molar-refractivity contribution < 1.29 is 8.42 Å². The SMILES string of the molecule is CC[C@H](C)CS(=O)(=O)NC[C@H](N)c1ccccc1. The van der Waals surface area contributed by atoms with Crippen molar-refractivity contribution in [1.29, 1.82) is 0 Å². The summed E-state index contributed by atoms with van der Waals surface area (Å²) in [5, 5.41) is 0. The zero-order valence-corrected chi connectivity index (χ0v) is 11.8. The molecule has 0 aliphatic heterocycles. The van der Waals surface area contributed by atoms with E-state index in [2.05, 4.69) is 4.72 Å². The molecule has 2 atom stereocenters. The van der Waals surface area contributed by atoms with E-state index in [4.69, 9.17) is 5.73 Å². The molecule has 0 saturated heterocycles. The van der Waals surface area contributed by atoms with E-state index in [1.165, 1.54) is 0 Å². The third kappa shape index (κ3) is 5.16. The van der Waals surface area contributed by atoms with Crippen LogP contribution in [0.3, 0.4) is 0 Å². The molecule has 0 heterocycles. The molecule has 1 aromatic carbocycles. The normalized spacial score (nSPS) is 15.3. The maximum atomic E-state index is 11.8. The summed E-state index contributed by atoms with van der Waals surface area (Å²) < 4.78 is 26.1. The minimum atomic E-state index is -3.23. The number of rotatable bonds is 7. The zero-order valence-electron chi connectivity index (χ0n) is 11.0. The Balaban J connectivity index is 2.50. The molecule has 1 aromatic rings. The molecular weight excluding hydrogens is 248 g/mol. The van der Waals surface area contributed by atoms with Crippen molar-refractivity contribution in [2.75, 3.05) is 12.3 Å². The van der Waals surface area contributed by atoms with Gasteiger partial charge in [0.05, 0.1) is 5.75 Å². The molecule has 4 nitrogen and oxygen atoms in total. The van der Waals surface area contributed by atoms with Crippen molar-refractivity contribution in [2.45, 2.75) is 26.3 Å². The van der Waals surface area contributed by atoms with Gasteiger partial charge in [-0.1, -0.05) is 50.6 Å². The van der Waals surface area contributed by atoms with Crippen LogP contribution in [-0.2, 0) is 10.0 Å². The minimum Gasteiger partial charge on any atom is -0.323 e. The summed E-state index contributed by atoms with van der Waals surface area (Å²) in [7, 11) is -3.23.